The molecule has 0 atom stereocenters. The molecule has 0 bridgehead atoms. The Bertz CT molecular complexity index is 735. The molecule has 0 fully saturated rings. The Hall–Kier alpha value is -1.49. The van der Waals surface area contributed by atoms with Gasteiger partial charge in [-0.3, -0.25) is 0 Å². The standard InChI is InChI=1S/C22H21BF3.Na/c1-2-3-16-23(17-4-10-20(24)11-5-17,18-6-12-21(25)13-7-18)19-8-14-22(26)15-9-19;/h4-15H,2-3,16H2,1H3;/q-1;+1. The molecule has 0 heterocycles. The number of hydrogen-bond acceptors (Lipinski definition) is 0. The zero-order valence-corrected chi connectivity index (χ0v) is 17.8. The van der Waals surface area contributed by atoms with Gasteiger partial charge in [-0.25, -0.2) is 13.2 Å². The van der Waals surface area contributed by atoms with E-state index in [4.69, 9.17) is 0 Å². The molecule has 0 aliphatic heterocycles. The van der Waals surface area contributed by atoms with E-state index < -0.39 is 6.15 Å². The minimum atomic E-state index is -1.46. The van der Waals surface area contributed by atoms with Crippen molar-refractivity contribution in [1.29, 1.82) is 0 Å². The maximum Gasteiger partial charge on any atom is 1.00 e. The Morgan fingerprint density at radius 1 is 0.593 bits per heavy atom. The fraction of sp³-hybridized carbons (Fsp3) is 0.182. The SMILES string of the molecule is CCCC[B-](c1ccc(F)cc1)(c1ccc(F)cc1)c1ccc(F)cc1.[Na+]. The van der Waals surface area contributed by atoms with Gasteiger partial charge in [-0.2, -0.15) is 22.7 Å². The minimum absolute atomic E-state index is 0. The maximum atomic E-state index is 13.5. The van der Waals surface area contributed by atoms with Crippen molar-refractivity contribution in [1.82, 2.24) is 0 Å². The molecule has 27 heavy (non-hydrogen) atoms. The first-order chi connectivity index (χ1) is 12.6. The van der Waals surface area contributed by atoms with E-state index in [0.717, 1.165) is 35.6 Å². The average molecular weight is 376 g/mol. The van der Waals surface area contributed by atoms with Gasteiger partial charge in [0.25, 0.3) is 0 Å². The van der Waals surface area contributed by atoms with Crippen LogP contribution in [0.3, 0.4) is 0 Å². The minimum Gasteiger partial charge on any atom is -0.207 e. The quantitative estimate of drug-likeness (QED) is 0.571. The van der Waals surface area contributed by atoms with Crippen molar-refractivity contribution >= 4 is 22.5 Å². The van der Waals surface area contributed by atoms with E-state index in [1.165, 1.54) is 36.4 Å². The van der Waals surface area contributed by atoms with Crippen LogP contribution < -0.4 is 45.9 Å². The molecule has 0 aliphatic rings. The van der Waals surface area contributed by atoms with Crippen molar-refractivity contribution in [2.45, 2.75) is 26.1 Å². The zero-order chi connectivity index (χ0) is 18.6. The molecule has 3 aromatic carbocycles. The second-order valence-electron chi connectivity index (χ2n) is 6.84. The zero-order valence-electron chi connectivity index (χ0n) is 15.8. The molecule has 134 valence electrons. The van der Waals surface area contributed by atoms with Crippen LogP contribution in [0.4, 0.5) is 13.2 Å². The molecule has 3 aromatic rings. The first kappa shape index (κ1) is 21.8. The van der Waals surface area contributed by atoms with Crippen LogP contribution in [0.2, 0.25) is 6.32 Å². The van der Waals surface area contributed by atoms with E-state index in [1.54, 1.807) is 36.4 Å². The normalized spacial score (nSPS) is 11.1. The van der Waals surface area contributed by atoms with Crippen molar-refractivity contribution < 1.29 is 42.7 Å². The van der Waals surface area contributed by atoms with Crippen LogP contribution >= 0.6 is 0 Å². The molecule has 0 aromatic heterocycles. The molecule has 0 spiro atoms. The predicted octanol–water partition coefficient (Wildman–Crippen LogP) is 1.38. The Morgan fingerprint density at radius 3 is 1.15 bits per heavy atom. The summed E-state index contributed by atoms with van der Waals surface area (Å²) in [5.74, 6) is -0.897. The molecule has 5 heteroatoms. The summed E-state index contributed by atoms with van der Waals surface area (Å²) in [4.78, 5) is 0. The fourth-order valence-electron chi connectivity index (χ4n) is 3.96. The Kier molecular flexibility index (Phi) is 7.78. The maximum absolute atomic E-state index is 13.5. The van der Waals surface area contributed by atoms with Crippen molar-refractivity contribution in [3.63, 3.8) is 0 Å². The molecule has 0 amide bonds. The molecule has 0 saturated carbocycles. The predicted molar refractivity (Wildman–Crippen MR) is 104 cm³/mol. The summed E-state index contributed by atoms with van der Waals surface area (Å²) >= 11 is 0. The van der Waals surface area contributed by atoms with Gasteiger partial charge < -0.3 is 0 Å². The third kappa shape index (κ3) is 4.68. The van der Waals surface area contributed by atoms with Gasteiger partial charge in [0.2, 0.25) is 0 Å². The largest absolute Gasteiger partial charge is 1.00 e. The van der Waals surface area contributed by atoms with Crippen LogP contribution in [0.1, 0.15) is 19.8 Å². The number of hydrogen-bond donors (Lipinski definition) is 0. The van der Waals surface area contributed by atoms with Crippen LogP contribution in [0.15, 0.2) is 72.8 Å². The van der Waals surface area contributed by atoms with Crippen LogP contribution in [0, 0.1) is 17.5 Å². The van der Waals surface area contributed by atoms with Gasteiger partial charge in [0.15, 0.2) is 0 Å². The molecule has 3 rings (SSSR count). The van der Waals surface area contributed by atoms with Gasteiger partial charge in [0.05, 0.1) is 6.15 Å². The number of rotatable bonds is 6. The van der Waals surface area contributed by atoms with Crippen molar-refractivity contribution in [2.24, 2.45) is 0 Å². The summed E-state index contributed by atoms with van der Waals surface area (Å²) < 4.78 is 40.6. The Labute approximate surface area is 181 Å². The van der Waals surface area contributed by atoms with Gasteiger partial charge in [-0.05, 0) is 36.4 Å². The van der Waals surface area contributed by atoms with E-state index in [2.05, 4.69) is 6.92 Å². The van der Waals surface area contributed by atoms with Crippen LogP contribution in [-0.4, -0.2) is 6.15 Å². The summed E-state index contributed by atoms with van der Waals surface area (Å²) in [6, 6.07) is 19.4. The van der Waals surface area contributed by atoms with E-state index in [-0.39, 0.29) is 47.0 Å². The van der Waals surface area contributed by atoms with Crippen molar-refractivity contribution in [3.05, 3.63) is 90.2 Å². The smallest absolute Gasteiger partial charge is 0.207 e. The summed E-state index contributed by atoms with van der Waals surface area (Å²) in [5, 5.41) is 0. The van der Waals surface area contributed by atoms with Gasteiger partial charge in [-0.1, -0.05) is 56.2 Å². The molecular formula is C22H21BF3Na. The second-order valence-corrected chi connectivity index (χ2v) is 6.84. The average Bonchev–Trinajstić information content (AvgIpc) is 2.66. The van der Waals surface area contributed by atoms with E-state index in [1.807, 2.05) is 0 Å². The summed E-state index contributed by atoms with van der Waals surface area (Å²) in [6.45, 7) is 2.11. The van der Waals surface area contributed by atoms with Crippen molar-refractivity contribution in [2.75, 3.05) is 0 Å². The monoisotopic (exact) mass is 376 g/mol. The second kappa shape index (κ2) is 9.63. The molecule has 0 unspecified atom stereocenters. The van der Waals surface area contributed by atoms with Gasteiger partial charge in [0, 0.05) is 0 Å². The topological polar surface area (TPSA) is 0 Å². The molecule has 0 aliphatic carbocycles. The van der Waals surface area contributed by atoms with Crippen molar-refractivity contribution in [3.8, 4) is 0 Å². The first-order valence-electron chi connectivity index (χ1n) is 9.01. The third-order valence-electron chi connectivity index (χ3n) is 5.31. The van der Waals surface area contributed by atoms with E-state index in [9.17, 15) is 13.2 Å². The molecular weight excluding hydrogens is 355 g/mol. The number of unbranched alkanes of at least 4 members (excludes halogenated alkanes) is 1. The van der Waals surface area contributed by atoms with Crippen LogP contribution in [-0.2, 0) is 0 Å². The molecule has 0 radical (unpaired) electrons. The van der Waals surface area contributed by atoms with Gasteiger partial charge in [0.1, 0.15) is 17.5 Å². The van der Waals surface area contributed by atoms with Gasteiger partial charge in [-0.15, -0.1) is 0 Å². The first-order valence-corrected chi connectivity index (χ1v) is 9.01. The number of halogens is 3. The molecule has 0 N–H and O–H groups in total. The Morgan fingerprint density at radius 2 is 0.889 bits per heavy atom. The molecule has 0 nitrogen and oxygen atoms in total. The van der Waals surface area contributed by atoms with E-state index >= 15 is 0 Å². The van der Waals surface area contributed by atoms with Gasteiger partial charge >= 0.3 is 29.6 Å². The van der Waals surface area contributed by atoms with Crippen LogP contribution in [0.5, 0.6) is 0 Å². The molecule has 0 saturated heterocycles. The van der Waals surface area contributed by atoms with E-state index in [0.29, 0.717) is 0 Å². The van der Waals surface area contributed by atoms with Crippen LogP contribution in [0.25, 0.3) is 0 Å². The third-order valence-corrected chi connectivity index (χ3v) is 5.31. The Balaban J connectivity index is 0.00000261. The number of benzene rings is 3. The fourth-order valence-corrected chi connectivity index (χ4v) is 3.96. The summed E-state index contributed by atoms with van der Waals surface area (Å²) in [7, 11) is 0. The summed E-state index contributed by atoms with van der Waals surface area (Å²) in [6.07, 6.45) is 1.31. The summed E-state index contributed by atoms with van der Waals surface area (Å²) in [5.41, 5.74) is 2.91.